The van der Waals surface area contributed by atoms with E-state index in [2.05, 4.69) is 63.4 Å². The number of amides is 1. The van der Waals surface area contributed by atoms with Gasteiger partial charge in [0.2, 0.25) is 5.91 Å². The minimum Gasteiger partial charge on any atom is -0.349 e. The zero-order valence-corrected chi connectivity index (χ0v) is 19.1. The lowest BCUT2D eigenvalue weighted by Gasteiger charge is -2.15. The quantitative estimate of drug-likeness (QED) is 0.381. The molecule has 2 aromatic carbocycles. The molecule has 2 aromatic heterocycles. The highest BCUT2D eigenvalue weighted by Gasteiger charge is 2.14. The Morgan fingerprint density at radius 3 is 2.48 bits per heavy atom. The van der Waals surface area contributed by atoms with Gasteiger partial charge in [0.25, 0.3) is 0 Å². The van der Waals surface area contributed by atoms with Gasteiger partial charge in [-0.3, -0.25) is 4.79 Å². The fourth-order valence-corrected chi connectivity index (χ4v) is 4.73. The van der Waals surface area contributed by atoms with Crippen molar-refractivity contribution in [2.24, 2.45) is 7.05 Å². The third kappa shape index (κ3) is 5.42. The summed E-state index contributed by atoms with van der Waals surface area (Å²) >= 11 is 3.11. The second-order valence-electron chi connectivity index (χ2n) is 7.28. The largest absolute Gasteiger partial charge is 0.349 e. The molecule has 1 unspecified atom stereocenters. The van der Waals surface area contributed by atoms with Gasteiger partial charge in [0.15, 0.2) is 5.16 Å². The van der Waals surface area contributed by atoms with Crippen molar-refractivity contribution in [3.8, 4) is 11.1 Å². The summed E-state index contributed by atoms with van der Waals surface area (Å²) in [5, 5.41) is 14.4. The third-order valence-corrected chi connectivity index (χ3v) is 6.96. The Morgan fingerprint density at radius 1 is 1.03 bits per heavy atom. The normalized spacial score (nSPS) is 11.9. The van der Waals surface area contributed by atoms with Gasteiger partial charge in [-0.05, 0) is 35.1 Å². The van der Waals surface area contributed by atoms with Gasteiger partial charge in [-0.25, -0.2) is 0 Å². The Morgan fingerprint density at radius 2 is 1.77 bits per heavy atom. The van der Waals surface area contributed by atoms with Crippen LogP contribution < -0.4 is 5.32 Å². The maximum absolute atomic E-state index is 12.5. The number of nitrogens with one attached hydrogen (secondary N) is 1. The Kier molecular flexibility index (Phi) is 6.84. The molecule has 0 saturated heterocycles. The van der Waals surface area contributed by atoms with Gasteiger partial charge in [-0.2, -0.15) is 0 Å². The summed E-state index contributed by atoms with van der Waals surface area (Å²) in [4.78, 5) is 13.7. The number of rotatable bonds is 8. The van der Waals surface area contributed by atoms with Crippen molar-refractivity contribution in [3.63, 3.8) is 0 Å². The van der Waals surface area contributed by atoms with Gasteiger partial charge in [-0.1, -0.05) is 72.4 Å². The molecule has 0 radical (unpaired) electrons. The van der Waals surface area contributed by atoms with E-state index >= 15 is 0 Å². The molecule has 158 valence electrons. The van der Waals surface area contributed by atoms with Gasteiger partial charge in [0, 0.05) is 18.3 Å². The molecule has 0 saturated carbocycles. The molecule has 2 heterocycles. The van der Waals surface area contributed by atoms with Crippen molar-refractivity contribution >= 4 is 29.0 Å². The van der Waals surface area contributed by atoms with Crippen LogP contribution in [0.5, 0.6) is 0 Å². The van der Waals surface area contributed by atoms with Crippen LogP contribution in [0.4, 0.5) is 0 Å². The summed E-state index contributed by atoms with van der Waals surface area (Å²) in [6.45, 7) is 2.00. The molecular weight excluding hydrogens is 424 g/mol. The first-order valence-electron chi connectivity index (χ1n) is 10.1. The van der Waals surface area contributed by atoms with Gasteiger partial charge in [-0.15, -0.1) is 21.5 Å². The zero-order chi connectivity index (χ0) is 21.6. The van der Waals surface area contributed by atoms with Crippen molar-refractivity contribution in [3.05, 3.63) is 88.4 Å². The predicted molar refractivity (Wildman–Crippen MR) is 127 cm³/mol. The molecule has 0 spiro atoms. The lowest BCUT2D eigenvalue weighted by atomic mass is 10.0. The topological polar surface area (TPSA) is 59.8 Å². The number of hydrogen-bond acceptors (Lipinski definition) is 5. The van der Waals surface area contributed by atoms with E-state index in [0.717, 1.165) is 23.0 Å². The lowest BCUT2D eigenvalue weighted by molar-refractivity contribution is -0.119. The van der Waals surface area contributed by atoms with E-state index in [-0.39, 0.29) is 11.9 Å². The highest BCUT2D eigenvalue weighted by atomic mass is 32.2. The Hall–Kier alpha value is -2.90. The molecule has 1 amide bonds. The van der Waals surface area contributed by atoms with E-state index in [4.69, 9.17) is 0 Å². The van der Waals surface area contributed by atoms with Gasteiger partial charge >= 0.3 is 0 Å². The van der Waals surface area contributed by atoms with Crippen molar-refractivity contribution in [2.75, 3.05) is 5.75 Å². The van der Waals surface area contributed by atoms with Crippen molar-refractivity contribution < 1.29 is 4.79 Å². The highest BCUT2D eigenvalue weighted by Crippen LogP contribution is 2.22. The summed E-state index contributed by atoms with van der Waals surface area (Å²) in [7, 11) is 1.94. The standard InChI is InChI=1S/C24H24N4OS2/c1-17(18-10-12-20(13-11-18)19-7-4-3-5-8-19)25-23(29)16-31-24-27-26-22(28(24)2)15-21-9-6-14-30-21/h3-14,17H,15-16H2,1-2H3,(H,25,29). The number of thioether (sulfide) groups is 1. The van der Waals surface area contributed by atoms with E-state index in [1.54, 1.807) is 11.3 Å². The van der Waals surface area contributed by atoms with E-state index < -0.39 is 0 Å². The predicted octanol–water partition coefficient (Wildman–Crippen LogP) is 5.10. The fraction of sp³-hybridized carbons (Fsp3) is 0.208. The first kappa shape index (κ1) is 21.3. The monoisotopic (exact) mass is 448 g/mol. The van der Waals surface area contributed by atoms with Gasteiger partial charge < -0.3 is 9.88 Å². The van der Waals surface area contributed by atoms with Gasteiger partial charge in [0.05, 0.1) is 11.8 Å². The number of aromatic nitrogens is 3. The molecule has 0 aliphatic heterocycles. The number of carbonyl (C=O) groups excluding carboxylic acids is 1. The smallest absolute Gasteiger partial charge is 0.230 e. The number of carbonyl (C=O) groups is 1. The summed E-state index contributed by atoms with van der Waals surface area (Å²) in [6.07, 6.45) is 0.754. The summed E-state index contributed by atoms with van der Waals surface area (Å²) in [5.41, 5.74) is 3.43. The molecule has 4 rings (SSSR count). The molecule has 1 atom stereocenters. The highest BCUT2D eigenvalue weighted by molar-refractivity contribution is 7.99. The average Bonchev–Trinajstić information content (AvgIpc) is 3.43. The molecule has 31 heavy (non-hydrogen) atoms. The molecule has 5 nitrogen and oxygen atoms in total. The van der Waals surface area contributed by atoms with Crippen LogP contribution in [0, 0.1) is 0 Å². The van der Waals surface area contributed by atoms with Crippen LogP contribution in [0.15, 0.2) is 77.3 Å². The second-order valence-corrected chi connectivity index (χ2v) is 9.25. The first-order valence-corrected chi connectivity index (χ1v) is 11.9. The first-order chi connectivity index (χ1) is 15.1. The average molecular weight is 449 g/mol. The zero-order valence-electron chi connectivity index (χ0n) is 17.5. The minimum absolute atomic E-state index is 0.0209. The number of benzene rings is 2. The van der Waals surface area contributed by atoms with Crippen molar-refractivity contribution in [1.29, 1.82) is 0 Å². The van der Waals surface area contributed by atoms with E-state index in [1.165, 1.54) is 27.8 Å². The molecule has 0 bridgehead atoms. The number of hydrogen-bond donors (Lipinski definition) is 1. The van der Waals surface area contributed by atoms with Crippen LogP contribution in [-0.4, -0.2) is 26.4 Å². The maximum Gasteiger partial charge on any atom is 0.230 e. The minimum atomic E-state index is -0.0631. The van der Waals surface area contributed by atoms with Crippen molar-refractivity contribution in [1.82, 2.24) is 20.1 Å². The summed E-state index contributed by atoms with van der Waals surface area (Å²) < 4.78 is 1.96. The number of nitrogens with zero attached hydrogens (tertiary/aromatic N) is 3. The Labute approximate surface area is 190 Å². The molecule has 7 heteroatoms. The van der Waals surface area contributed by atoms with Crippen LogP contribution in [0.25, 0.3) is 11.1 Å². The Balaban J connectivity index is 1.30. The van der Waals surface area contributed by atoms with E-state index in [1.807, 2.05) is 42.8 Å². The summed E-state index contributed by atoms with van der Waals surface area (Å²) in [5.74, 6) is 1.18. The SMILES string of the molecule is CC(NC(=O)CSc1nnc(Cc2cccs2)n1C)c1ccc(-c2ccccc2)cc1. The molecule has 0 fully saturated rings. The lowest BCUT2D eigenvalue weighted by Crippen LogP contribution is -2.28. The third-order valence-electron chi connectivity index (χ3n) is 5.07. The van der Waals surface area contributed by atoms with E-state index in [0.29, 0.717) is 5.75 Å². The molecular formula is C24H24N4OS2. The Bertz CT molecular complexity index is 1120. The molecule has 0 aliphatic carbocycles. The number of thiophene rings is 1. The summed E-state index contributed by atoms with van der Waals surface area (Å²) in [6, 6.07) is 22.7. The van der Waals surface area contributed by atoms with Crippen LogP contribution in [0.3, 0.4) is 0 Å². The van der Waals surface area contributed by atoms with Crippen molar-refractivity contribution in [2.45, 2.75) is 24.5 Å². The fourth-order valence-electron chi connectivity index (χ4n) is 3.29. The second kappa shape index (κ2) is 9.94. The molecule has 4 aromatic rings. The van der Waals surface area contributed by atoms with Crippen LogP contribution >= 0.6 is 23.1 Å². The molecule has 1 N–H and O–H groups in total. The van der Waals surface area contributed by atoms with Crippen LogP contribution in [0.1, 0.15) is 29.2 Å². The van der Waals surface area contributed by atoms with Crippen LogP contribution in [0.2, 0.25) is 0 Å². The van der Waals surface area contributed by atoms with Crippen LogP contribution in [-0.2, 0) is 18.3 Å². The van der Waals surface area contributed by atoms with E-state index in [9.17, 15) is 4.79 Å². The molecule has 0 aliphatic rings. The maximum atomic E-state index is 12.5. The van der Waals surface area contributed by atoms with Gasteiger partial charge in [0.1, 0.15) is 5.82 Å².